The van der Waals surface area contributed by atoms with Gasteiger partial charge in [0.25, 0.3) is 0 Å². The van der Waals surface area contributed by atoms with E-state index >= 15 is 0 Å². The van der Waals surface area contributed by atoms with Gasteiger partial charge in [-0.1, -0.05) is 28.1 Å². The zero-order chi connectivity index (χ0) is 13.8. The summed E-state index contributed by atoms with van der Waals surface area (Å²) < 4.78 is 5.98. The van der Waals surface area contributed by atoms with Gasteiger partial charge in [0.1, 0.15) is 5.01 Å². The summed E-state index contributed by atoms with van der Waals surface area (Å²) in [6.45, 7) is 4.25. The fourth-order valence-electron chi connectivity index (χ4n) is 1.61. The Balaban J connectivity index is 2.16. The summed E-state index contributed by atoms with van der Waals surface area (Å²) in [5.41, 5.74) is 3.00. The van der Waals surface area contributed by atoms with Crippen molar-refractivity contribution in [1.82, 2.24) is 4.98 Å². The molecule has 0 aliphatic carbocycles. The van der Waals surface area contributed by atoms with E-state index in [1.54, 1.807) is 6.92 Å². The lowest BCUT2D eigenvalue weighted by molar-refractivity contribution is -0.142. The highest BCUT2D eigenvalue weighted by atomic mass is 79.9. The molecule has 0 N–H and O–H groups in total. The smallest absolute Gasteiger partial charge is 0.311 e. The molecule has 3 nitrogen and oxygen atoms in total. The van der Waals surface area contributed by atoms with Gasteiger partial charge in [-0.2, -0.15) is 0 Å². The highest BCUT2D eigenvalue weighted by molar-refractivity contribution is 9.10. The molecule has 5 heteroatoms. The second-order valence-electron chi connectivity index (χ2n) is 4.09. The Hall–Kier alpha value is -1.20. The second kappa shape index (κ2) is 6.30. The highest BCUT2D eigenvalue weighted by Gasteiger charge is 2.10. The molecule has 19 heavy (non-hydrogen) atoms. The van der Waals surface area contributed by atoms with E-state index in [4.69, 9.17) is 4.74 Å². The lowest BCUT2D eigenvalue weighted by Crippen LogP contribution is -2.07. The number of aromatic nitrogens is 1. The van der Waals surface area contributed by atoms with Gasteiger partial charge in [0.05, 0.1) is 18.7 Å². The van der Waals surface area contributed by atoms with E-state index in [1.165, 1.54) is 16.9 Å². The third kappa shape index (κ3) is 3.64. The van der Waals surface area contributed by atoms with E-state index < -0.39 is 0 Å². The molecule has 0 aliphatic rings. The van der Waals surface area contributed by atoms with Crippen LogP contribution >= 0.6 is 27.3 Å². The van der Waals surface area contributed by atoms with E-state index in [-0.39, 0.29) is 12.4 Å². The molecule has 1 aromatic carbocycles. The van der Waals surface area contributed by atoms with E-state index in [1.807, 2.05) is 30.5 Å². The number of benzene rings is 1. The number of carbonyl (C=O) groups excluding carboxylic acids is 1. The molecule has 0 unspecified atom stereocenters. The van der Waals surface area contributed by atoms with Crippen molar-refractivity contribution in [3.8, 4) is 10.6 Å². The molecule has 0 saturated heterocycles. The van der Waals surface area contributed by atoms with Crippen LogP contribution in [0.4, 0.5) is 0 Å². The van der Waals surface area contributed by atoms with Crippen LogP contribution in [0, 0.1) is 6.92 Å². The van der Waals surface area contributed by atoms with Crippen LogP contribution in [0.5, 0.6) is 0 Å². The first-order valence-corrected chi connectivity index (χ1v) is 7.64. The minimum absolute atomic E-state index is 0.232. The normalized spacial score (nSPS) is 10.5. The predicted octanol–water partition coefficient (Wildman–Crippen LogP) is 3.99. The van der Waals surface area contributed by atoms with Crippen LogP contribution in [0.2, 0.25) is 0 Å². The van der Waals surface area contributed by atoms with Gasteiger partial charge in [-0.3, -0.25) is 4.79 Å². The maximum absolute atomic E-state index is 11.4. The molecule has 100 valence electrons. The molecule has 0 atom stereocenters. The monoisotopic (exact) mass is 339 g/mol. The Kier molecular flexibility index (Phi) is 4.71. The molecule has 1 heterocycles. The van der Waals surface area contributed by atoms with Gasteiger partial charge >= 0.3 is 5.97 Å². The molecule has 2 rings (SSSR count). The number of halogens is 1. The topological polar surface area (TPSA) is 39.2 Å². The van der Waals surface area contributed by atoms with E-state index in [2.05, 4.69) is 20.9 Å². The number of hydrogen-bond donors (Lipinski definition) is 0. The van der Waals surface area contributed by atoms with E-state index in [0.29, 0.717) is 6.61 Å². The number of hydrogen-bond acceptors (Lipinski definition) is 4. The van der Waals surface area contributed by atoms with Gasteiger partial charge in [0.2, 0.25) is 0 Å². The maximum atomic E-state index is 11.4. The van der Waals surface area contributed by atoms with E-state index in [9.17, 15) is 4.79 Å². The first kappa shape index (κ1) is 14.2. The van der Waals surface area contributed by atoms with Crippen molar-refractivity contribution in [3.63, 3.8) is 0 Å². The Morgan fingerprint density at radius 2 is 2.26 bits per heavy atom. The average Bonchev–Trinajstić information content (AvgIpc) is 2.81. The number of ether oxygens (including phenoxy) is 1. The lowest BCUT2D eigenvalue weighted by Gasteiger charge is -2.01. The second-order valence-corrected chi connectivity index (χ2v) is 5.80. The van der Waals surface area contributed by atoms with Crippen molar-refractivity contribution in [2.45, 2.75) is 20.3 Å². The maximum Gasteiger partial charge on any atom is 0.311 e. The molecule has 0 radical (unpaired) electrons. The third-order valence-electron chi connectivity index (χ3n) is 2.60. The standard InChI is InChI=1S/C14H14BrNO2S/c1-3-18-13(17)7-11-8-19-14(16-11)10-5-4-9(2)12(15)6-10/h4-6,8H,3,7H2,1-2H3. The molecule has 0 amide bonds. The summed E-state index contributed by atoms with van der Waals surface area (Å²) in [5.74, 6) is -0.232. The highest BCUT2D eigenvalue weighted by Crippen LogP contribution is 2.28. The average molecular weight is 340 g/mol. The number of carbonyl (C=O) groups is 1. The van der Waals surface area contributed by atoms with Crippen molar-refractivity contribution in [2.75, 3.05) is 6.61 Å². The van der Waals surface area contributed by atoms with Crippen LogP contribution in [0.25, 0.3) is 10.6 Å². The number of nitrogens with zero attached hydrogens (tertiary/aromatic N) is 1. The van der Waals surface area contributed by atoms with Crippen molar-refractivity contribution in [3.05, 3.63) is 39.3 Å². The fraction of sp³-hybridized carbons (Fsp3) is 0.286. The van der Waals surface area contributed by atoms with Gasteiger partial charge in [0.15, 0.2) is 0 Å². The molecule has 1 aromatic heterocycles. The molecular weight excluding hydrogens is 326 g/mol. The Labute approximate surface area is 124 Å². The van der Waals surface area contributed by atoms with Crippen LogP contribution in [-0.4, -0.2) is 17.6 Å². The molecule has 0 bridgehead atoms. The van der Waals surface area contributed by atoms with Crippen LogP contribution < -0.4 is 0 Å². The zero-order valence-corrected chi connectivity index (χ0v) is 13.2. The van der Waals surface area contributed by atoms with Gasteiger partial charge in [-0.15, -0.1) is 11.3 Å². The molecule has 0 spiro atoms. The fourth-order valence-corrected chi connectivity index (χ4v) is 2.80. The minimum atomic E-state index is -0.232. The molecule has 0 saturated carbocycles. The molecule has 0 aliphatic heterocycles. The number of rotatable bonds is 4. The summed E-state index contributed by atoms with van der Waals surface area (Å²) in [4.78, 5) is 15.9. The van der Waals surface area contributed by atoms with Crippen molar-refractivity contribution < 1.29 is 9.53 Å². The summed E-state index contributed by atoms with van der Waals surface area (Å²) >= 11 is 5.05. The number of esters is 1. The third-order valence-corrected chi connectivity index (χ3v) is 4.40. The summed E-state index contributed by atoms with van der Waals surface area (Å²) in [5, 5.41) is 2.82. The number of aryl methyl sites for hydroxylation is 1. The zero-order valence-electron chi connectivity index (χ0n) is 10.8. The van der Waals surface area contributed by atoms with Crippen LogP contribution in [0.1, 0.15) is 18.2 Å². The van der Waals surface area contributed by atoms with Crippen molar-refractivity contribution in [2.24, 2.45) is 0 Å². The largest absolute Gasteiger partial charge is 0.466 e. The van der Waals surface area contributed by atoms with E-state index in [0.717, 1.165) is 20.7 Å². The summed E-state index contributed by atoms with van der Waals surface area (Å²) in [6.07, 6.45) is 0.234. The van der Waals surface area contributed by atoms with Gasteiger partial charge in [-0.25, -0.2) is 4.98 Å². The summed E-state index contributed by atoms with van der Waals surface area (Å²) in [6, 6.07) is 6.13. The number of thiazole rings is 1. The Bertz CT molecular complexity index is 595. The molecule has 2 aromatic rings. The first-order chi connectivity index (χ1) is 9.10. The molecule has 0 fully saturated rings. The molecular formula is C14H14BrNO2S. The van der Waals surface area contributed by atoms with Gasteiger partial charge < -0.3 is 4.74 Å². The van der Waals surface area contributed by atoms with Crippen LogP contribution in [0.3, 0.4) is 0 Å². The van der Waals surface area contributed by atoms with Crippen LogP contribution in [0.15, 0.2) is 28.1 Å². The van der Waals surface area contributed by atoms with Gasteiger partial charge in [-0.05, 0) is 25.5 Å². The van der Waals surface area contributed by atoms with Gasteiger partial charge in [0, 0.05) is 15.4 Å². The van der Waals surface area contributed by atoms with Crippen molar-refractivity contribution in [1.29, 1.82) is 0 Å². The van der Waals surface area contributed by atoms with Crippen molar-refractivity contribution >= 4 is 33.2 Å². The lowest BCUT2D eigenvalue weighted by atomic mass is 10.2. The van der Waals surface area contributed by atoms with Crippen LogP contribution in [-0.2, 0) is 16.0 Å². The quantitative estimate of drug-likeness (QED) is 0.790. The Morgan fingerprint density at radius 1 is 1.47 bits per heavy atom. The SMILES string of the molecule is CCOC(=O)Cc1csc(-c2ccc(C)c(Br)c2)n1. The first-order valence-electron chi connectivity index (χ1n) is 5.96. The predicted molar refractivity (Wildman–Crippen MR) is 80.3 cm³/mol. The summed E-state index contributed by atoms with van der Waals surface area (Å²) in [7, 11) is 0. The minimum Gasteiger partial charge on any atom is -0.466 e. The Morgan fingerprint density at radius 3 is 2.95 bits per heavy atom.